The molecule has 1 aromatic heterocycles. The van der Waals surface area contributed by atoms with Gasteiger partial charge in [0.2, 0.25) is 11.1 Å². The summed E-state index contributed by atoms with van der Waals surface area (Å²) in [5.41, 5.74) is 1.62. The maximum absolute atomic E-state index is 12.3. The molecule has 156 valence electrons. The van der Waals surface area contributed by atoms with Gasteiger partial charge >= 0.3 is 5.97 Å². The van der Waals surface area contributed by atoms with Gasteiger partial charge < -0.3 is 15.9 Å². The summed E-state index contributed by atoms with van der Waals surface area (Å²) in [5.74, 6) is 5.87. The third-order valence-electron chi connectivity index (χ3n) is 3.82. The number of ether oxygens (including phenoxy) is 1. The van der Waals surface area contributed by atoms with Crippen LogP contribution in [-0.2, 0) is 9.53 Å². The van der Waals surface area contributed by atoms with Gasteiger partial charge in [-0.15, -0.1) is 10.2 Å². The molecule has 0 saturated carbocycles. The first-order valence-electron chi connectivity index (χ1n) is 9.03. The fourth-order valence-electron chi connectivity index (χ4n) is 2.50. The minimum atomic E-state index is -0.443. The maximum Gasteiger partial charge on any atom is 0.338 e. The molecule has 1 amide bonds. The number of aromatic nitrogens is 3. The molecule has 3 aromatic rings. The monoisotopic (exact) mass is 445 g/mol. The van der Waals surface area contributed by atoms with Gasteiger partial charge in [0.05, 0.1) is 17.4 Å². The van der Waals surface area contributed by atoms with Crippen molar-refractivity contribution in [3.8, 4) is 11.4 Å². The van der Waals surface area contributed by atoms with Gasteiger partial charge in [0, 0.05) is 16.3 Å². The fraction of sp³-hybridized carbons (Fsp3) is 0.200. The molecule has 3 N–H and O–H groups in total. The number of hydrogen-bond acceptors (Lipinski definition) is 7. The number of carbonyl (C=O) groups excluding carboxylic acids is 2. The van der Waals surface area contributed by atoms with Gasteiger partial charge in [-0.05, 0) is 56.3 Å². The minimum absolute atomic E-state index is 0.0661. The molecule has 1 heterocycles. The molecule has 0 spiro atoms. The zero-order valence-electron chi connectivity index (χ0n) is 16.3. The van der Waals surface area contributed by atoms with E-state index in [0.29, 0.717) is 27.3 Å². The van der Waals surface area contributed by atoms with Crippen LogP contribution in [-0.4, -0.2) is 38.6 Å². The molecule has 0 atom stereocenters. The van der Waals surface area contributed by atoms with Crippen LogP contribution in [0.15, 0.2) is 53.7 Å². The summed E-state index contributed by atoms with van der Waals surface area (Å²) in [5, 5.41) is 11.9. The Hall–Kier alpha value is -3.04. The number of halogens is 1. The van der Waals surface area contributed by atoms with Crippen LogP contribution >= 0.6 is 23.4 Å². The number of esters is 1. The highest BCUT2D eigenvalue weighted by molar-refractivity contribution is 7.99. The highest BCUT2D eigenvalue weighted by atomic mass is 35.5. The van der Waals surface area contributed by atoms with E-state index in [0.717, 1.165) is 17.3 Å². The number of nitrogens with zero attached hydrogens (tertiary/aromatic N) is 3. The molecular formula is C20H20ClN5O3S. The Morgan fingerprint density at radius 3 is 2.63 bits per heavy atom. The van der Waals surface area contributed by atoms with Gasteiger partial charge in [0.25, 0.3) is 0 Å². The maximum atomic E-state index is 12.3. The molecular weight excluding hydrogens is 426 g/mol. The molecule has 0 radical (unpaired) electrons. The first kappa shape index (κ1) is 21.7. The fourth-order valence-corrected chi connectivity index (χ4v) is 3.29. The van der Waals surface area contributed by atoms with Crippen molar-refractivity contribution in [2.24, 2.45) is 0 Å². The quantitative estimate of drug-likeness (QED) is 0.324. The number of rotatable bonds is 7. The molecule has 0 unspecified atom stereocenters. The van der Waals surface area contributed by atoms with Crippen molar-refractivity contribution in [1.29, 1.82) is 0 Å². The zero-order chi connectivity index (χ0) is 21.7. The number of amides is 1. The molecule has 0 saturated heterocycles. The molecule has 8 nitrogen and oxygen atoms in total. The van der Waals surface area contributed by atoms with Crippen molar-refractivity contribution in [2.45, 2.75) is 25.1 Å². The number of anilines is 1. The number of hydrogen-bond donors (Lipinski definition) is 2. The van der Waals surface area contributed by atoms with Crippen LogP contribution in [0, 0.1) is 0 Å². The number of nitrogens with two attached hydrogens (primary N) is 1. The van der Waals surface area contributed by atoms with E-state index in [2.05, 4.69) is 15.5 Å². The normalized spacial score (nSPS) is 10.8. The van der Waals surface area contributed by atoms with E-state index in [1.807, 2.05) is 0 Å². The van der Waals surface area contributed by atoms with Crippen molar-refractivity contribution in [3.63, 3.8) is 0 Å². The van der Waals surface area contributed by atoms with Crippen LogP contribution in [0.3, 0.4) is 0 Å². The molecule has 0 aliphatic rings. The SMILES string of the molecule is CC(C)OC(=O)c1cccc(NC(=O)CSc2nnc(-c3ccc(Cl)cc3)n2N)c1. The van der Waals surface area contributed by atoms with Crippen LogP contribution in [0.5, 0.6) is 0 Å². The Morgan fingerprint density at radius 1 is 1.20 bits per heavy atom. The molecule has 3 rings (SSSR count). The number of benzene rings is 2. The van der Waals surface area contributed by atoms with E-state index in [4.69, 9.17) is 22.2 Å². The lowest BCUT2D eigenvalue weighted by Gasteiger charge is -2.09. The number of nitrogen functional groups attached to an aromatic ring is 1. The van der Waals surface area contributed by atoms with Crippen molar-refractivity contribution < 1.29 is 14.3 Å². The number of thioether (sulfide) groups is 1. The summed E-state index contributed by atoms with van der Waals surface area (Å²) in [4.78, 5) is 24.3. The number of carbonyl (C=O) groups is 2. The summed E-state index contributed by atoms with van der Waals surface area (Å²) in [7, 11) is 0. The van der Waals surface area contributed by atoms with E-state index < -0.39 is 5.97 Å². The molecule has 0 aliphatic carbocycles. The third-order valence-corrected chi connectivity index (χ3v) is 5.02. The lowest BCUT2D eigenvalue weighted by Crippen LogP contribution is -2.17. The summed E-state index contributed by atoms with van der Waals surface area (Å²) in [6.07, 6.45) is -0.224. The van der Waals surface area contributed by atoms with E-state index in [1.54, 1.807) is 62.4 Å². The zero-order valence-corrected chi connectivity index (χ0v) is 17.9. The van der Waals surface area contributed by atoms with Crippen LogP contribution in [0.2, 0.25) is 5.02 Å². The van der Waals surface area contributed by atoms with Gasteiger partial charge in [-0.1, -0.05) is 29.4 Å². The second kappa shape index (κ2) is 9.64. The van der Waals surface area contributed by atoms with Gasteiger partial charge in [-0.2, -0.15) is 0 Å². The van der Waals surface area contributed by atoms with E-state index >= 15 is 0 Å². The van der Waals surface area contributed by atoms with Crippen LogP contribution in [0.4, 0.5) is 5.69 Å². The largest absolute Gasteiger partial charge is 0.459 e. The Labute approximate surface area is 182 Å². The minimum Gasteiger partial charge on any atom is -0.459 e. The molecule has 2 aromatic carbocycles. The Morgan fingerprint density at radius 2 is 1.93 bits per heavy atom. The van der Waals surface area contributed by atoms with Crippen molar-refractivity contribution in [2.75, 3.05) is 16.9 Å². The van der Waals surface area contributed by atoms with Crippen molar-refractivity contribution in [1.82, 2.24) is 14.9 Å². The second-order valence-corrected chi connectivity index (χ2v) is 7.93. The topological polar surface area (TPSA) is 112 Å². The number of nitrogens with one attached hydrogen (secondary N) is 1. The average Bonchev–Trinajstić information content (AvgIpc) is 3.07. The lowest BCUT2D eigenvalue weighted by atomic mass is 10.2. The lowest BCUT2D eigenvalue weighted by molar-refractivity contribution is -0.113. The summed E-state index contributed by atoms with van der Waals surface area (Å²) < 4.78 is 6.49. The molecule has 10 heteroatoms. The van der Waals surface area contributed by atoms with Gasteiger partial charge in [-0.3, -0.25) is 4.79 Å². The second-order valence-electron chi connectivity index (χ2n) is 6.55. The summed E-state index contributed by atoms with van der Waals surface area (Å²) in [6.45, 7) is 3.55. The standard InChI is InChI=1S/C20H20ClN5O3S/c1-12(2)29-19(28)14-4-3-5-16(10-14)23-17(27)11-30-20-25-24-18(26(20)22)13-6-8-15(21)9-7-13/h3-10,12H,11,22H2,1-2H3,(H,23,27). The van der Waals surface area contributed by atoms with E-state index in [-0.39, 0.29) is 17.8 Å². The summed E-state index contributed by atoms with van der Waals surface area (Å²) in [6, 6.07) is 13.6. The molecule has 0 bridgehead atoms. The van der Waals surface area contributed by atoms with Crippen LogP contribution < -0.4 is 11.2 Å². The van der Waals surface area contributed by atoms with Crippen molar-refractivity contribution in [3.05, 3.63) is 59.1 Å². The Balaban J connectivity index is 1.60. The highest BCUT2D eigenvalue weighted by Gasteiger charge is 2.15. The average molecular weight is 446 g/mol. The molecule has 0 aliphatic heterocycles. The Bertz CT molecular complexity index is 1050. The van der Waals surface area contributed by atoms with E-state index in [9.17, 15) is 9.59 Å². The first-order valence-corrected chi connectivity index (χ1v) is 10.4. The predicted molar refractivity (Wildman–Crippen MR) is 117 cm³/mol. The van der Waals surface area contributed by atoms with Gasteiger partial charge in [0.15, 0.2) is 5.82 Å². The van der Waals surface area contributed by atoms with Crippen molar-refractivity contribution >= 4 is 40.9 Å². The molecule has 30 heavy (non-hydrogen) atoms. The molecule has 0 fully saturated rings. The third kappa shape index (κ3) is 5.52. The smallest absolute Gasteiger partial charge is 0.338 e. The predicted octanol–water partition coefficient (Wildman–Crippen LogP) is 3.61. The highest BCUT2D eigenvalue weighted by Crippen LogP contribution is 2.23. The van der Waals surface area contributed by atoms with Crippen LogP contribution in [0.1, 0.15) is 24.2 Å². The van der Waals surface area contributed by atoms with E-state index in [1.165, 1.54) is 4.68 Å². The van der Waals surface area contributed by atoms with Gasteiger partial charge in [0.1, 0.15) is 0 Å². The van der Waals surface area contributed by atoms with Crippen LogP contribution in [0.25, 0.3) is 11.4 Å². The summed E-state index contributed by atoms with van der Waals surface area (Å²) >= 11 is 7.04. The first-order chi connectivity index (χ1) is 14.3. The Kier molecular flexibility index (Phi) is 6.96. The van der Waals surface area contributed by atoms with Gasteiger partial charge in [-0.25, -0.2) is 9.47 Å².